The zero-order valence-corrected chi connectivity index (χ0v) is 16.8. The first-order valence-electron chi connectivity index (χ1n) is 9.48. The monoisotopic (exact) mass is 393 g/mol. The van der Waals surface area contributed by atoms with Crippen molar-refractivity contribution in [2.45, 2.75) is 5.03 Å². The van der Waals surface area contributed by atoms with Crippen molar-refractivity contribution >= 4 is 22.7 Å². The molecule has 29 heavy (non-hydrogen) atoms. The van der Waals surface area contributed by atoms with Gasteiger partial charge in [-0.25, -0.2) is 4.68 Å². The Morgan fingerprint density at radius 2 is 1.45 bits per heavy atom. The molecule has 0 radical (unpaired) electrons. The van der Waals surface area contributed by atoms with Gasteiger partial charge in [0.05, 0.1) is 11.2 Å². The number of rotatable bonds is 4. The molecule has 0 aliphatic heterocycles. The number of hydrogen-bond acceptors (Lipinski definition) is 3. The predicted octanol–water partition coefficient (Wildman–Crippen LogP) is 6.48. The minimum Gasteiger partial charge on any atom is -0.256 e. The Morgan fingerprint density at radius 3 is 2.21 bits per heavy atom. The number of pyridine rings is 1. The van der Waals surface area contributed by atoms with Crippen LogP contribution in [0.25, 0.3) is 39.0 Å². The van der Waals surface area contributed by atoms with Gasteiger partial charge in [-0.3, -0.25) is 4.98 Å². The highest BCUT2D eigenvalue weighted by atomic mass is 32.2. The molecule has 0 unspecified atom stereocenters. The normalized spacial score (nSPS) is 11.1. The van der Waals surface area contributed by atoms with E-state index in [1.54, 1.807) is 11.8 Å². The predicted molar refractivity (Wildman–Crippen MR) is 122 cm³/mol. The molecule has 2 heterocycles. The third-order valence-electron chi connectivity index (χ3n) is 4.96. The molecule has 3 nitrogen and oxygen atoms in total. The summed E-state index contributed by atoms with van der Waals surface area (Å²) in [4.78, 5) is 4.70. The minimum atomic E-state index is 0.968. The van der Waals surface area contributed by atoms with E-state index in [-0.39, 0.29) is 0 Å². The number of fused-ring (bicyclic) bond motifs is 1. The lowest BCUT2D eigenvalue weighted by atomic mass is 10.0. The molecule has 0 amide bonds. The maximum Gasteiger partial charge on any atom is 0.108 e. The standard InChI is InChI=1S/C25H19N3S/c1-29-25-23(20-16-19-12-8-9-15-22(19)26-17-20)24(18-10-4-2-5-11-18)27-28(25)21-13-6-3-7-14-21/h2-17H,1H3. The van der Waals surface area contributed by atoms with Crippen molar-refractivity contribution in [3.63, 3.8) is 0 Å². The summed E-state index contributed by atoms with van der Waals surface area (Å²) in [6, 6.07) is 31.1. The Labute approximate surface area is 174 Å². The average Bonchev–Trinajstić information content (AvgIpc) is 3.19. The molecular formula is C25H19N3S. The van der Waals surface area contributed by atoms with Gasteiger partial charge < -0.3 is 0 Å². The Morgan fingerprint density at radius 1 is 0.759 bits per heavy atom. The Kier molecular flexibility index (Phi) is 4.62. The van der Waals surface area contributed by atoms with E-state index in [4.69, 9.17) is 10.1 Å². The molecule has 0 saturated heterocycles. The molecule has 5 aromatic rings. The summed E-state index contributed by atoms with van der Waals surface area (Å²) in [6.45, 7) is 0. The van der Waals surface area contributed by atoms with Gasteiger partial charge in [-0.2, -0.15) is 5.10 Å². The van der Waals surface area contributed by atoms with Gasteiger partial charge in [-0.05, 0) is 30.5 Å². The van der Waals surface area contributed by atoms with E-state index in [0.717, 1.165) is 44.0 Å². The number of benzene rings is 3. The molecule has 0 aliphatic rings. The molecule has 0 fully saturated rings. The molecular weight excluding hydrogens is 374 g/mol. The van der Waals surface area contributed by atoms with E-state index in [1.165, 1.54) is 0 Å². The van der Waals surface area contributed by atoms with E-state index in [0.29, 0.717) is 0 Å². The fraction of sp³-hybridized carbons (Fsp3) is 0.0400. The van der Waals surface area contributed by atoms with Gasteiger partial charge in [0.25, 0.3) is 0 Å². The van der Waals surface area contributed by atoms with Crippen molar-refractivity contribution in [1.29, 1.82) is 0 Å². The van der Waals surface area contributed by atoms with Crippen LogP contribution < -0.4 is 0 Å². The molecule has 0 aliphatic carbocycles. The van der Waals surface area contributed by atoms with Gasteiger partial charge in [-0.1, -0.05) is 66.7 Å². The van der Waals surface area contributed by atoms with Crippen molar-refractivity contribution in [2.75, 3.05) is 6.26 Å². The lowest BCUT2D eigenvalue weighted by molar-refractivity contribution is 0.808. The van der Waals surface area contributed by atoms with Gasteiger partial charge in [0.1, 0.15) is 10.7 Å². The molecule has 3 aromatic carbocycles. The van der Waals surface area contributed by atoms with Crippen molar-refractivity contribution in [2.24, 2.45) is 0 Å². The van der Waals surface area contributed by atoms with E-state index >= 15 is 0 Å². The van der Waals surface area contributed by atoms with Crippen LogP contribution >= 0.6 is 11.8 Å². The SMILES string of the molecule is CSc1c(-c2cnc3ccccc3c2)c(-c2ccccc2)nn1-c1ccccc1. The van der Waals surface area contributed by atoms with Crippen LogP contribution in [-0.4, -0.2) is 21.0 Å². The Bertz CT molecular complexity index is 1280. The molecule has 4 heteroatoms. The van der Waals surface area contributed by atoms with Gasteiger partial charge >= 0.3 is 0 Å². The molecule has 0 bridgehead atoms. The van der Waals surface area contributed by atoms with Crippen molar-refractivity contribution in [3.05, 3.63) is 97.2 Å². The minimum absolute atomic E-state index is 0.968. The molecule has 0 atom stereocenters. The van der Waals surface area contributed by atoms with E-state index in [1.807, 2.05) is 47.3 Å². The summed E-state index contributed by atoms with van der Waals surface area (Å²) < 4.78 is 2.04. The van der Waals surface area contributed by atoms with Crippen LogP contribution in [-0.2, 0) is 0 Å². The quantitative estimate of drug-likeness (QED) is 0.328. The average molecular weight is 394 g/mol. The van der Waals surface area contributed by atoms with Gasteiger partial charge in [-0.15, -0.1) is 11.8 Å². The van der Waals surface area contributed by atoms with Gasteiger partial charge in [0, 0.05) is 28.3 Å². The maximum absolute atomic E-state index is 5.05. The molecule has 0 N–H and O–H groups in total. The number of para-hydroxylation sites is 2. The second-order valence-electron chi connectivity index (χ2n) is 6.76. The summed E-state index contributed by atoms with van der Waals surface area (Å²) in [7, 11) is 0. The molecule has 0 saturated carbocycles. The van der Waals surface area contributed by atoms with E-state index < -0.39 is 0 Å². The maximum atomic E-state index is 5.05. The zero-order valence-electron chi connectivity index (χ0n) is 16.0. The zero-order chi connectivity index (χ0) is 19.6. The topological polar surface area (TPSA) is 30.7 Å². The number of hydrogen-bond donors (Lipinski definition) is 0. The second-order valence-corrected chi connectivity index (χ2v) is 7.56. The molecule has 2 aromatic heterocycles. The smallest absolute Gasteiger partial charge is 0.108 e. The van der Waals surface area contributed by atoms with Crippen LogP contribution in [0.4, 0.5) is 0 Å². The fourth-order valence-corrected chi connectivity index (χ4v) is 4.34. The van der Waals surface area contributed by atoms with Crippen molar-refractivity contribution < 1.29 is 0 Å². The Balaban J connectivity index is 1.81. The van der Waals surface area contributed by atoms with Gasteiger partial charge in [0.2, 0.25) is 0 Å². The van der Waals surface area contributed by atoms with Crippen LogP contribution in [0.15, 0.2) is 102 Å². The molecule has 5 rings (SSSR count). The highest BCUT2D eigenvalue weighted by Gasteiger charge is 2.21. The Hall–Kier alpha value is -3.37. The molecule has 140 valence electrons. The highest BCUT2D eigenvalue weighted by Crippen LogP contribution is 2.40. The summed E-state index contributed by atoms with van der Waals surface area (Å²) in [5, 5.41) is 7.28. The summed E-state index contributed by atoms with van der Waals surface area (Å²) >= 11 is 1.71. The lowest BCUT2D eigenvalue weighted by Gasteiger charge is -2.08. The highest BCUT2D eigenvalue weighted by molar-refractivity contribution is 7.98. The number of nitrogens with zero attached hydrogens (tertiary/aromatic N) is 3. The van der Waals surface area contributed by atoms with E-state index in [9.17, 15) is 0 Å². The van der Waals surface area contributed by atoms with Crippen LogP contribution in [0.5, 0.6) is 0 Å². The largest absolute Gasteiger partial charge is 0.256 e. The van der Waals surface area contributed by atoms with Crippen LogP contribution in [0.1, 0.15) is 0 Å². The summed E-state index contributed by atoms with van der Waals surface area (Å²) in [6.07, 6.45) is 4.06. The summed E-state index contributed by atoms with van der Waals surface area (Å²) in [5.41, 5.74) is 6.31. The van der Waals surface area contributed by atoms with Gasteiger partial charge in [0.15, 0.2) is 0 Å². The first-order valence-corrected chi connectivity index (χ1v) is 10.7. The first kappa shape index (κ1) is 17.7. The molecule has 0 spiro atoms. The first-order chi connectivity index (χ1) is 14.3. The lowest BCUT2D eigenvalue weighted by Crippen LogP contribution is -1.97. The van der Waals surface area contributed by atoms with E-state index in [2.05, 4.69) is 60.9 Å². The third-order valence-corrected chi connectivity index (χ3v) is 5.73. The number of aromatic nitrogens is 3. The summed E-state index contributed by atoms with van der Waals surface area (Å²) in [5.74, 6) is 0. The van der Waals surface area contributed by atoms with Crippen molar-refractivity contribution in [3.8, 4) is 28.1 Å². The van der Waals surface area contributed by atoms with Crippen LogP contribution in [0, 0.1) is 0 Å². The number of thioether (sulfide) groups is 1. The van der Waals surface area contributed by atoms with Crippen LogP contribution in [0.3, 0.4) is 0 Å². The van der Waals surface area contributed by atoms with Crippen molar-refractivity contribution in [1.82, 2.24) is 14.8 Å². The second kappa shape index (κ2) is 7.57. The fourth-order valence-electron chi connectivity index (χ4n) is 3.60. The third kappa shape index (κ3) is 3.22. The van der Waals surface area contributed by atoms with Crippen LogP contribution in [0.2, 0.25) is 0 Å².